The number of aromatic amines is 1. The fraction of sp³-hybridized carbons (Fsp3) is 0.600. The lowest BCUT2D eigenvalue weighted by Gasteiger charge is -2.10. The standard InChI is InChI=1S/C10H18N4O/c1-3-4-5-8(11)10(15)13-9-7(2)6-12-14-9/h6,8H,3-5,11H2,1-2H3,(H2,12,13,14,15). The number of nitrogens with one attached hydrogen (secondary N) is 2. The van der Waals surface area contributed by atoms with Gasteiger partial charge in [-0.3, -0.25) is 9.89 Å². The summed E-state index contributed by atoms with van der Waals surface area (Å²) < 4.78 is 0. The van der Waals surface area contributed by atoms with E-state index in [-0.39, 0.29) is 5.91 Å². The van der Waals surface area contributed by atoms with Crippen LogP contribution in [0.1, 0.15) is 31.7 Å². The number of unbranched alkanes of at least 4 members (excludes halogenated alkanes) is 1. The number of carbonyl (C=O) groups excluding carboxylic acids is 1. The quantitative estimate of drug-likeness (QED) is 0.682. The van der Waals surface area contributed by atoms with Crippen LogP contribution in [0.3, 0.4) is 0 Å². The molecule has 1 amide bonds. The maximum atomic E-state index is 11.6. The Labute approximate surface area is 89.4 Å². The number of anilines is 1. The molecule has 1 atom stereocenters. The molecule has 0 aliphatic rings. The molecule has 1 aromatic rings. The van der Waals surface area contributed by atoms with Crippen molar-refractivity contribution in [3.05, 3.63) is 11.8 Å². The lowest BCUT2D eigenvalue weighted by atomic mass is 10.1. The first-order valence-electron chi connectivity index (χ1n) is 5.21. The molecule has 0 saturated carbocycles. The second-order valence-corrected chi connectivity index (χ2v) is 3.67. The van der Waals surface area contributed by atoms with E-state index in [0.717, 1.165) is 24.8 Å². The first kappa shape index (κ1) is 11.7. The molecule has 0 radical (unpaired) electrons. The average Bonchev–Trinajstić information content (AvgIpc) is 2.61. The van der Waals surface area contributed by atoms with Crippen molar-refractivity contribution in [2.45, 2.75) is 39.2 Å². The Balaban J connectivity index is 2.45. The lowest BCUT2D eigenvalue weighted by molar-refractivity contribution is -0.117. The molecular formula is C10H18N4O. The van der Waals surface area contributed by atoms with Gasteiger partial charge in [-0.15, -0.1) is 0 Å². The van der Waals surface area contributed by atoms with Crippen molar-refractivity contribution < 1.29 is 4.79 Å². The number of carbonyl (C=O) groups is 1. The maximum Gasteiger partial charge on any atom is 0.242 e. The summed E-state index contributed by atoms with van der Waals surface area (Å²) in [7, 11) is 0. The Kier molecular flexibility index (Phi) is 4.30. The van der Waals surface area contributed by atoms with Gasteiger partial charge in [0.1, 0.15) is 5.82 Å². The van der Waals surface area contributed by atoms with Crippen molar-refractivity contribution in [1.29, 1.82) is 0 Å². The van der Waals surface area contributed by atoms with Crippen molar-refractivity contribution >= 4 is 11.7 Å². The number of hydrogen-bond acceptors (Lipinski definition) is 3. The third kappa shape index (κ3) is 3.36. The van der Waals surface area contributed by atoms with E-state index in [0.29, 0.717) is 5.82 Å². The first-order valence-corrected chi connectivity index (χ1v) is 5.21. The Bertz CT molecular complexity index is 321. The molecular weight excluding hydrogens is 192 g/mol. The summed E-state index contributed by atoms with van der Waals surface area (Å²) >= 11 is 0. The van der Waals surface area contributed by atoms with Gasteiger partial charge in [0.25, 0.3) is 0 Å². The van der Waals surface area contributed by atoms with Gasteiger partial charge in [0, 0.05) is 5.56 Å². The van der Waals surface area contributed by atoms with Crippen molar-refractivity contribution in [2.24, 2.45) is 5.73 Å². The number of aromatic nitrogens is 2. The highest BCUT2D eigenvalue weighted by molar-refractivity contribution is 5.94. The molecule has 1 rings (SSSR count). The van der Waals surface area contributed by atoms with Crippen LogP contribution in [0.15, 0.2) is 6.20 Å². The minimum atomic E-state index is -0.437. The second kappa shape index (κ2) is 5.50. The molecule has 1 heterocycles. The highest BCUT2D eigenvalue weighted by atomic mass is 16.2. The first-order chi connectivity index (χ1) is 7.15. The molecule has 0 saturated heterocycles. The van der Waals surface area contributed by atoms with Crippen LogP contribution in [0.4, 0.5) is 5.82 Å². The maximum absolute atomic E-state index is 11.6. The summed E-state index contributed by atoms with van der Waals surface area (Å²) in [6.45, 7) is 3.94. The summed E-state index contributed by atoms with van der Waals surface area (Å²) in [5.74, 6) is 0.475. The minimum Gasteiger partial charge on any atom is -0.320 e. The van der Waals surface area contributed by atoms with Crippen LogP contribution < -0.4 is 11.1 Å². The molecule has 1 aromatic heterocycles. The zero-order chi connectivity index (χ0) is 11.3. The van der Waals surface area contributed by atoms with E-state index in [1.54, 1.807) is 6.20 Å². The van der Waals surface area contributed by atoms with E-state index in [1.165, 1.54) is 0 Å². The molecule has 0 aliphatic heterocycles. The third-order valence-electron chi connectivity index (χ3n) is 2.28. The van der Waals surface area contributed by atoms with Gasteiger partial charge in [0.2, 0.25) is 5.91 Å². The fourth-order valence-corrected chi connectivity index (χ4v) is 1.24. The Morgan fingerprint density at radius 3 is 3.00 bits per heavy atom. The van der Waals surface area contributed by atoms with Crippen LogP contribution in [0.5, 0.6) is 0 Å². The van der Waals surface area contributed by atoms with Crippen LogP contribution in [0.2, 0.25) is 0 Å². The molecule has 0 fully saturated rings. The fourth-order valence-electron chi connectivity index (χ4n) is 1.24. The van der Waals surface area contributed by atoms with E-state index in [1.807, 2.05) is 6.92 Å². The molecule has 5 nitrogen and oxygen atoms in total. The van der Waals surface area contributed by atoms with Crippen molar-refractivity contribution in [1.82, 2.24) is 10.2 Å². The second-order valence-electron chi connectivity index (χ2n) is 3.67. The van der Waals surface area contributed by atoms with Gasteiger partial charge in [-0.05, 0) is 13.3 Å². The number of aryl methyl sites for hydroxylation is 1. The molecule has 84 valence electrons. The summed E-state index contributed by atoms with van der Waals surface area (Å²) in [6, 6.07) is -0.437. The Hall–Kier alpha value is -1.36. The van der Waals surface area contributed by atoms with E-state index in [9.17, 15) is 4.79 Å². The van der Waals surface area contributed by atoms with Crippen LogP contribution in [0, 0.1) is 6.92 Å². The number of amides is 1. The zero-order valence-corrected chi connectivity index (χ0v) is 9.21. The number of H-pyrrole nitrogens is 1. The summed E-state index contributed by atoms with van der Waals surface area (Å²) in [4.78, 5) is 11.6. The molecule has 1 unspecified atom stereocenters. The summed E-state index contributed by atoms with van der Waals surface area (Å²) in [5.41, 5.74) is 6.63. The topological polar surface area (TPSA) is 83.8 Å². The van der Waals surface area contributed by atoms with Gasteiger partial charge in [0.15, 0.2) is 0 Å². The van der Waals surface area contributed by atoms with Crippen LogP contribution in [0.25, 0.3) is 0 Å². The monoisotopic (exact) mass is 210 g/mol. The van der Waals surface area contributed by atoms with E-state index >= 15 is 0 Å². The molecule has 0 spiro atoms. The molecule has 15 heavy (non-hydrogen) atoms. The van der Waals surface area contributed by atoms with Crippen LogP contribution in [-0.2, 0) is 4.79 Å². The molecule has 5 heteroatoms. The number of nitrogens with two attached hydrogens (primary N) is 1. The van der Waals surface area contributed by atoms with Gasteiger partial charge in [0.05, 0.1) is 12.2 Å². The molecule has 0 bridgehead atoms. The van der Waals surface area contributed by atoms with Gasteiger partial charge >= 0.3 is 0 Å². The summed E-state index contributed by atoms with van der Waals surface area (Å²) in [5, 5.41) is 9.24. The largest absolute Gasteiger partial charge is 0.320 e. The van der Waals surface area contributed by atoms with Crippen molar-refractivity contribution in [3.8, 4) is 0 Å². The van der Waals surface area contributed by atoms with Gasteiger partial charge < -0.3 is 11.1 Å². The average molecular weight is 210 g/mol. The lowest BCUT2D eigenvalue weighted by Crippen LogP contribution is -2.35. The SMILES string of the molecule is CCCCC(N)C(=O)Nc1[nH]ncc1C. The zero-order valence-electron chi connectivity index (χ0n) is 9.21. The molecule has 0 aromatic carbocycles. The number of nitrogens with zero attached hydrogens (tertiary/aromatic N) is 1. The highest BCUT2D eigenvalue weighted by Gasteiger charge is 2.14. The van der Waals surface area contributed by atoms with Crippen molar-refractivity contribution in [2.75, 3.05) is 5.32 Å². The van der Waals surface area contributed by atoms with Crippen LogP contribution >= 0.6 is 0 Å². The van der Waals surface area contributed by atoms with Gasteiger partial charge in [-0.1, -0.05) is 19.8 Å². The Morgan fingerprint density at radius 2 is 2.47 bits per heavy atom. The van der Waals surface area contributed by atoms with Gasteiger partial charge in [-0.25, -0.2) is 0 Å². The predicted octanol–water partition coefficient (Wildman–Crippen LogP) is 1.17. The van der Waals surface area contributed by atoms with E-state index < -0.39 is 6.04 Å². The summed E-state index contributed by atoms with van der Waals surface area (Å²) in [6.07, 6.45) is 4.39. The smallest absolute Gasteiger partial charge is 0.242 e. The number of hydrogen-bond donors (Lipinski definition) is 3. The van der Waals surface area contributed by atoms with Crippen LogP contribution in [-0.4, -0.2) is 22.1 Å². The molecule has 4 N–H and O–H groups in total. The molecule has 0 aliphatic carbocycles. The third-order valence-corrected chi connectivity index (χ3v) is 2.28. The van der Waals surface area contributed by atoms with Crippen molar-refractivity contribution in [3.63, 3.8) is 0 Å². The minimum absolute atomic E-state index is 0.157. The van der Waals surface area contributed by atoms with Gasteiger partial charge in [-0.2, -0.15) is 5.10 Å². The highest BCUT2D eigenvalue weighted by Crippen LogP contribution is 2.09. The van der Waals surface area contributed by atoms with E-state index in [2.05, 4.69) is 22.4 Å². The number of rotatable bonds is 5. The Morgan fingerprint density at radius 1 is 1.73 bits per heavy atom. The normalized spacial score (nSPS) is 12.5. The predicted molar refractivity (Wildman–Crippen MR) is 59.5 cm³/mol. The van der Waals surface area contributed by atoms with E-state index in [4.69, 9.17) is 5.73 Å².